The van der Waals surface area contributed by atoms with Crippen LogP contribution in [0.2, 0.25) is 0 Å². The summed E-state index contributed by atoms with van der Waals surface area (Å²) >= 11 is 0. The summed E-state index contributed by atoms with van der Waals surface area (Å²) in [7, 11) is 0. The number of furan rings is 1. The first kappa shape index (κ1) is 18.8. The van der Waals surface area contributed by atoms with Crippen LogP contribution in [0.3, 0.4) is 0 Å². The van der Waals surface area contributed by atoms with Crippen molar-refractivity contribution in [1.29, 1.82) is 0 Å². The van der Waals surface area contributed by atoms with Crippen molar-refractivity contribution in [3.05, 3.63) is 66.4 Å². The fourth-order valence-corrected chi connectivity index (χ4v) is 3.83. The van der Waals surface area contributed by atoms with Gasteiger partial charge in [0.25, 0.3) is 5.78 Å². The van der Waals surface area contributed by atoms with Crippen LogP contribution in [0, 0.1) is 6.92 Å². The Bertz CT molecular complexity index is 1120. The van der Waals surface area contributed by atoms with Crippen LogP contribution in [0.4, 0.5) is 5.82 Å². The summed E-state index contributed by atoms with van der Waals surface area (Å²) in [6.07, 6.45) is 1.53. The first-order valence-corrected chi connectivity index (χ1v) is 10.2. The zero-order chi connectivity index (χ0) is 20.3. The number of aromatic nitrogens is 4. The molecule has 1 aliphatic heterocycles. The lowest BCUT2D eigenvalue weighted by atomic mass is 10.1. The Balaban J connectivity index is 1.45. The Labute approximate surface area is 174 Å². The van der Waals surface area contributed by atoms with Gasteiger partial charge in [0.2, 0.25) is 0 Å². The molecule has 0 aliphatic carbocycles. The number of hydrogen-bond donors (Lipinski definition) is 1. The summed E-state index contributed by atoms with van der Waals surface area (Å²) in [4.78, 5) is 11.3. The van der Waals surface area contributed by atoms with E-state index in [1.165, 1.54) is 6.33 Å². The third-order valence-corrected chi connectivity index (χ3v) is 5.37. The molecule has 1 atom stereocenters. The highest BCUT2D eigenvalue weighted by atomic mass is 16.5. The van der Waals surface area contributed by atoms with Crippen molar-refractivity contribution in [3.63, 3.8) is 0 Å². The molecular weight excluding hydrogens is 380 g/mol. The molecule has 0 saturated carbocycles. The Morgan fingerprint density at radius 3 is 2.70 bits per heavy atom. The molecule has 1 fully saturated rings. The van der Waals surface area contributed by atoms with Gasteiger partial charge in [-0.15, -0.1) is 0 Å². The fourth-order valence-electron chi connectivity index (χ4n) is 3.83. The molecule has 0 radical (unpaired) electrons. The van der Waals surface area contributed by atoms with Gasteiger partial charge in [0.15, 0.2) is 0 Å². The molecule has 0 spiro atoms. The van der Waals surface area contributed by atoms with E-state index in [-0.39, 0.29) is 6.04 Å². The second-order valence-electron chi connectivity index (χ2n) is 7.36. The molecule has 3 aromatic heterocycles. The van der Waals surface area contributed by atoms with Gasteiger partial charge >= 0.3 is 0 Å². The fraction of sp³-hybridized carbons (Fsp3) is 0.318. The smallest absolute Gasteiger partial charge is 0.254 e. The van der Waals surface area contributed by atoms with Crippen molar-refractivity contribution >= 4 is 11.6 Å². The Hall–Kier alpha value is -3.23. The van der Waals surface area contributed by atoms with Crippen LogP contribution in [-0.2, 0) is 4.74 Å². The van der Waals surface area contributed by atoms with Gasteiger partial charge in [-0.1, -0.05) is 30.3 Å². The maximum Gasteiger partial charge on any atom is 0.254 e. The van der Waals surface area contributed by atoms with Gasteiger partial charge in [-0.05, 0) is 19.1 Å². The largest absolute Gasteiger partial charge is 0.465 e. The predicted octanol–water partition coefficient (Wildman–Crippen LogP) is 3.18. The summed E-state index contributed by atoms with van der Waals surface area (Å²) in [5, 5.41) is 7.91. The average Bonchev–Trinajstić information content (AvgIpc) is 3.44. The average molecular weight is 404 g/mol. The maximum atomic E-state index is 5.98. The minimum atomic E-state index is 0.0921. The number of ether oxygens (including phenoxy) is 1. The molecule has 0 bridgehead atoms. The van der Waals surface area contributed by atoms with Gasteiger partial charge in [-0.2, -0.15) is 14.6 Å². The molecule has 4 heterocycles. The standard InChI is InChI=1S/C22H24N6O2/c1-16-7-8-20(30-16)19(27-9-11-29-12-10-27)14-23-21-13-18(17-5-3-2-4-6-17)26-22-24-15-25-28(21)22/h2-8,13,15,19,23H,9-12,14H2,1H3. The summed E-state index contributed by atoms with van der Waals surface area (Å²) in [5.41, 5.74) is 1.90. The number of aryl methyl sites for hydroxylation is 1. The summed E-state index contributed by atoms with van der Waals surface area (Å²) in [6.45, 7) is 5.85. The van der Waals surface area contributed by atoms with Crippen LogP contribution in [0.15, 0.2) is 59.3 Å². The van der Waals surface area contributed by atoms with Crippen molar-refractivity contribution < 1.29 is 9.15 Å². The molecular formula is C22H24N6O2. The van der Waals surface area contributed by atoms with E-state index in [4.69, 9.17) is 9.15 Å². The third kappa shape index (κ3) is 3.79. The minimum absolute atomic E-state index is 0.0921. The van der Waals surface area contributed by atoms with E-state index in [1.54, 1.807) is 4.52 Å². The van der Waals surface area contributed by atoms with Gasteiger partial charge in [0, 0.05) is 31.3 Å². The number of anilines is 1. The first-order valence-electron chi connectivity index (χ1n) is 10.2. The Morgan fingerprint density at radius 1 is 1.10 bits per heavy atom. The highest BCUT2D eigenvalue weighted by molar-refractivity contribution is 5.65. The molecule has 0 amide bonds. The maximum absolute atomic E-state index is 5.98. The predicted molar refractivity (Wildman–Crippen MR) is 113 cm³/mol. The number of nitrogens with one attached hydrogen (secondary N) is 1. The normalized spacial score (nSPS) is 16.0. The molecule has 8 heteroatoms. The third-order valence-electron chi connectivity index (χ3n) is 5.37. The molecule has 1 aliphatic rings. The summed E-state index contributed by atoms with van der Waals surface area (Å²) < 4.78 is 13.3. The Morgan fingerprint density at radius 2 is 1.93 bits per heavy atom. The SMILES string of the molecule is Cc1ccc(C(CNc2cc(-c3ccccc3)nc3ncnn23)N2CCOCC2)o1. The summed E-state index contributed by atoms with van der Waals surface area (Å²) in [6, 6.07) is 16.3. The molecule has 154 valence electrons. The van der Waals surface area contributed by atoms with Crippen LogP contribution in [-0.4, -0.2) is 57.3 Å². The van der Waals surface area contributed by atoms with Crippen LogP contribution in [0.1, 0.15) is 17.6 Å². The second kappa shape index (κ2) is 8.25. The van der Waals surface area contributed by atoms with Crippen molar-refractivity contribution in [3.8, 4) is 11.3 Å². The van der Waals surface area contributed by atoms with E-state index in [0.29, 0.717) is 12.3 Å². The van der Waals surface area contributed by atoms with Crippen LogP contribution < -0.4 is 5.32 Å². The second-order valence-corrected chi connectivity index (χ2v) is 7.36. The van der Waals surface area contributed by atoms with E-state index in [0.717, 1.165) is 54.9 Å². The highest BCUT2D eigenvalue weighted by Crippen LogP contribution is 2.26. The van der Waals surface area contributed by atoms with E-state index >= 15 is 0 Å². The van der Waals surface area contributed by atoms with Gasteiger partial charge in [-0.25, -0.2) is 4.98 Å². The van der Waals surface area contributed by atoms with Gasteiger partial charge < -0.3 is 14.5 Å². The zero-order valence-electron chi connectivity index (χ0n) is 16.9. The van der Waals surface area contributed by atoms with Gasteiger partial charge in [0.1, 0.15) is 23.7 Å². The number of benzene rings is 1. The quantitative estimate of drug-likeness (QED) is 0.529. The van der Waals surface area contributed by atoms with Crippen molar-refractivity contribution in [2.75, 3.05) is 38.2 Å². The zero-order valence-corrected chi connectivity index (χ0v) is 16.9. The number of hydrogen-bond acceptors (Lipinski definition) is 7. The Kier molecular flexibility index (Phi) is 5.17. The lowest BCUT2D eigenvalue weighted by Gasteiger charge is -2.33. The molecule has 4 aromatic rings. The van der Waals surface area contributed by atoms with Crippen LogP contribution in [0.25, 0.3) is 17.0 Å². The molecule has 8 nitrogen and oxygen atoms in total. The molecule has 1 aromatic carbocycles. The topological polar surface area (TPSA) is 80.7 Å². The van der Waals surface area contributed by atoms with Crippen molar-refractivity contribution in [1.82, 2.24) is 24.5 Å². The molecule has 5 rings (SSSR count). The lowest BCUT2D eigenvalue weighted by molar-refractivity contribution is 0.0143. The van der Waals surface area contributed by atoms with E-state index in [2.05, 4.69) is 31.3 Å². The molecule has 1 N–H and O–H groups in total. The minimum Gasteiger partial charge on any atom is -0.465 e. The first-order chi connectivity index (χ1) is 14.8. The monoisotopic (exact) mass is 404 g/mol. The van der Waals surface area contributed by atoms with E-state index in [9.17, 15) is 0 Å². The van der Waals surface area contributed by atoms with Gasteiger partial charge in [-0.3, -0.25) is 4.90 Å². The van der Waals surface area contributed by atoms with E-state index in [1.807, 2.05) is 49.4 Å². The highest BCUT2D eigenvalue weighted by Gasteiger charge is 2.25. The number of nitrogens with zero attached hydrogens (tertiary/aromatic N) is 5. The van der Waals surface area contributed by atoms with E-state index < -0.39 is 0 Å². The van der Waals surface area contributed by atoms with Gasteiger partial charge in [0.05, 0.1) is 24.9 Å². The number of fused-ring (bicyclic) bond motifs is 1. The summed E-state index contributed by atoms with van der Waals surface area (Å²) in [5.74, 6) is 3.28. The molecule has 1 unspecified atom stereocenters. The van der Waals surface area contributed by atoms with Crippen molar-refractivity contribution in [2.24, 2.45) is 0 Å². The number of morpholine rings is 1. The molecule has 1 saturated heterocycles. The molecule has 30 heavy (non-hydrogen) atoms. The van der Waals surface area contributed by atoms with Crippen molar-refractivity contribution in [2.45, 2.75) is 13.0 Å². The van der Waals surface area contributed by atoms with Crippen LogP contribution in [0.5, 0.6) is 0 Å². The number of rotatable bonds is 6. The lowest BCUT2D eigenvalue weighted by Crippen LogP contribution is -2.41. The van der Waals surface area contributed by atoms with Crippen LogP contribution >= 0.6 is 0 Å².